The lowest BCUT2D eigenvalue weighted by atomic mass is 9.96. The van der Waals surface area contributed by atoms with E-state index in [1.165, 1.54) is 212 Å². The summed E-state index contributed by atoms with van der Waals surface area (Å²) in [6, 6.07) is -0.995. The van der Waals surface area contributed by atoms with Crippen molar-refractivity contribution in [2.24, 2.45) is 0 Å². The summed E-state index contributed by atoms with van der Waals surface area (Å²) in [6.45, 7) is 1.74. The minimum absolute atomic E-state index is 0.236. The zero-order valence-corrected chi connectivity index (χ0v) is 57.3. The predicted octanol–water partition coefficient (Wildman–Crippen LogP) is 10.8. The molecule has 0 aromatic heterocycles. The van der Waals surface area contributed by atoms with Gasteiger partial charge < -0.3 is 89.9 Å². The van der Waals surface area contributed by atoms with Crippen molar-refractivity contribution in [3.63, 3.8) is 0 Å². The van der Waals surface area contributed by atoms with Crippen molar-refractivity contribution in [3.05, 3.63) is 36.5 Å². The lowest BCUT2D eigenvalue weighted by Crippen LogP contribution is -2.66. The molecule has 17 atom stereocenters. The molecule has 3 aliphatic heterocycles. The summed E-state index contributed by atoms with van der Waals surface area (Å²) >= 11 is 0. The summed E-state index contributed by atoms with van der Waals surface area (Å²) in [5, 5.41) is 121. The minimum Gasteiger partial charge on any atom is -0.394 e. The molecule has 3 fully saturated rings. The molecule has 0 bridgehead atoms. The lowest BCUT2D eigenvalue weighted by molar-refractivity contribution is -0.379. The quantitative estimate of drug-likeness (QED) is 0.0199. The molecule has 19 heteroatoms. The van der Waals surface area contributed by atoms with Gasteiger partial charge in [-0.25, -0.2) is 0 Å². The van der Waals surface area contributed by atoms with Crippen LogP contribution in [0.1, 0.15) is 290 Å². The summed E-state index contributed by atoms with van der Waals surface area (Å²) in [5.74, 6) is -0.285. The molecule has 0 saturated carbocycles. The van der Waals surface area contributed by atoms with E-state index >= 15 is 0 Å². The van der Waals surface area contributed by atoms with E-state index in [-0.39, 0.29) is 18.9 Å². The number of amides is 1. The Morgan fingerprint density at radius 2 is 0.696 bits per heavy atom. The van der Waals surface area contributed by atoms with Crippen LogP contribution in [0.15, 0.2) is 36.5 Å². The van der Waals surface area contributed by atoms with Crippen molar-refractivity contribution in [2.45, 2.75) is 394 Å². The van der Waals surface area contributed by atoms with Gasteiger partial charge in [0.15, 0.2) is 18.9 Å². The molecule has 0 aromatic carbocycles. The van der Waals surface area contributed by atoms with Crippen LogP contribution >= 0.6 is 0 Å². The largest absolute Gasteiger partial charge is 0.394 e. The van der Waals surface area contributed by atoms with Crippen LogP contribution < -0.4 is 5.32 Å². The van der Waals surface area contributed by atoms with Crippen molar-refractivity contribution in [1.29, 1.82) is 0 Å². The van der Waals surface area contributed by atoms with Gasteiger partial charge in [-0.05, 0) is 44.9 Å². The first kappa shape index (κ1) is 84.2. The van der Waals surface area contributed by atoms with Gasteiger partial charge in [-0.2, -0.15) is 0 Å². The van der Waals surface area contributed by atoms with E-state index < -0.39 is 124 Å². The first-order valence-corrected chi connectivity index (χ1v) is 37.2. The second kappa shape index (κ2) is 55.0. The Bertz CT molecular complexity index is 1810. The van der Waals surface area contributed by atoms with Crippen LogP contribution in [0.4, 0.5) is 0 Å². The Morgan fingerprint density at radius 3 is 1.09 bits per heavy atom. The molecule has 1 amide bonds. The van der Waals surface area contributed by atoms with Gasteiger partial charge in [0.25, 0.3) is 0 Å². The molecule has 0 radical (unpaired) electrons. The van der Waals surface area contributed by atoms with E-state index in [1.54, 1.807) is 6.08 Å². The van der Waals surface area contributed by atoms with Crippen molar-refractivity contribution in [2.75, 3.05) is 26.4 Å². The molecule has 92 heavy (non-hydrogen) atoms. The molecule has 0 aliphatic carbocycles. The van der Waals surface area contributed by atoms with E-state index in [2.05, 4.69) is 43.5 Å². The zero-order valence-electron chi connectivity index (χ0n) is 57.3. The monoisotopic (exact) mass is 1310 g/mol. The highest BCUT2D eigenvalue weighted by atomic mass is 16.8. The highest BCUT2D eigenvalue weighted by Gasteiger charge is 2.53. The second-order valence-electron chi connectivity index (χ2n) is 26.7. The molecular formula is C73H135NO18. The van der Waals surface area contributed by atoms with E-state index in [0.717, 1.165) is 44.9 Å². The fourth-order valence-electron chi connectivity index (χ4n) is 12.6. The number of carbonyl (C=O) groups excluding carboxylic acids is 1. The Labute approximate surface area is 555 Å². The second-order valence-corrected chi connectivity index (χ2v) is 26.7. The van der Waals surface area contributed by atoms with Crippen molar-refractivity contribution >= 4 is 5.91 Å². The molecular weight excluding hydrogens is 1180 g/mol. The number of allylic oxidation sites excluding steroid dienone is 5. The fraction of sp³-hybridized carbons (Fsp3) is 0.904. The van der Waals surface area contributed by atoms with Gasteiger partial charge in [-0.15, -0.1) is 0 Å². The van der Waals surface area contributed by atoms with Crippen LogP contribution in [0.3, 0.4) is 0 Å². The molecule has 19 nitrogen and oxygen atoms in total. The van der Waals surface area contributed by atoms with E-state index in [0.29, 0.717) is 12.8 Å². The highest BCUT2D eigenvalue weighted by molar-refractivity contribution is 5.76. The van der Waals surface area contributed by atoms with Gasteiger partial charge in [0.1, 0.15) is 73.2 Å². The average molecular weight is 1310 g/mol. The SMILES string of the molecule is CCCCCCCCCCCCCCCCCCCCCC/C=C/CC/C=C/CC/C=C/C(O)C(COC1OC(CO)C(OC2OC(CO)C(OC3OC(CO)C(O)C(O)C3O)C(O)C2O)C(O)C1O)NC(=O)CCCCCCCCCCCCCCCCCCC. The Morgan fingerprint density at radius 1 is 0.380 bits per heavy atom. The van der Waals surface area contributed by atoms with Crippen molar-refractivity contribution in [1.82, 2.24) is 5.32 Å². The molecule has 3 aliphatic rings. The topological polar surface area (TPSA) is 307 Å². The molecule has 3 saturated heterocycles. The third kappa shape index (κ3) is 36.0. The summed E-state index contributed by atoms with van der Waals surface area (Å²) < 4.78 is 34.4. The number of unbranched alkanes of at least 4 members (excludes halogenated alkanes) is 38. The normalized spacial score (nSPS) is 27.9. The maximum absolute atomic E-state index is 13.4. The predicted molar refractivity (Wildman–Crippen MR) is 360 cm³/mol. The number of hydrogen-bond acceptors (Lipinski definition) is 18. The number of nitrogens with one attached hydrogen (secondary N) is 1. The molecule has 0 spiro atoms. The van der Waals surface area contributed by atoms with Gasteiger partial charge >= 0.3 is 0 Å². The Hall–Kier alpha value is -1.99. The standard InChI is InChI=1S/C73H135NO18/c1-3-5-7-9-11-13-15-17-19-21-22-23-24-25-26-27-28-29-30-31-32-33-35-36-38-40-42-44-46-48-50-57(78)56(74-61(79)51-49-47-45-43-41-39-37-34-20-18-16-14-12-10-8-6-4-2)55-87-71-67(85)64(82)69(59(53-76)89-71)92-73-68(86)65(83)70(60(54-77)90-73)91-72-66(84)63(81)62(80)58(52-75)88-72/h33,35,40,42,48,50,56-60,62-73,75-78,80-86H,3-32,34,36-39,41,43-47,49,51-55H2,1-2H3,(H,74,79)/b35-33+,42-40+,50-48+. The highest BCUT2D eigenvalue weighted by Crippen LogP contribution is 2.33. The number of rotatable bonds is 58. The fourth-order valence-corrected chi connectivity index (χ4v) is 12.6. The first-order chi connectivity index (χ1) is 44.8. The van der Waals surface area contributed by atoms with Crippen LogP contribution in [-0.2, 0) is 33.2 Å². The maximum Gasteiger partial charge on any atom is 0.220 e. The number of aliphatic hydroxyl groups is 11. The Balaban J connectivity index is 1.41. The molecule has 3 rings (SSSR count). The zero-order chi connectivity index (χ0) is 66.8. The van der Waals surface area contributed by atoms with Crippen molar-refractivity contribution in [3.8, 4) is 0 Å². The van der Waals surface area contributed by atoms with Crippen LogP contribution in [0, 0.1) is 0 Å². The van der Waals surface area contributed by atoms with Crippen LogP contribution in [-0.4, -0.2) is 193 Å². The number of aliphatic hydroxyl groups excluding tert-OH is 11. The van der Waals surface area contributed by atoms with Gasteiger partial charge in [-0.3, -0.25) is 4.79 Å². The van der Waals surface area contributed by atoms with Gasteiger partial charge in [0.2, 0.25) is 5.91 Å². The number of hydrogen-bond donors (Lipinski definition) is 12. The third-order valence-electron chi connectivity index (χ3n) is 18.7. The summed E-state index contributed by atoms with van der Waals surface area (Å²) in [4.78, 5) is 13.4. The molecule has 3 heterocycles. The summed E-state index contributed by atoms with van der Waals surface area (Å²) in [7, 11) is 0. The van der Waals surface area contributed by atoms with Gasteiger partial charge in [-0.1, -0.05) is 275 Å². The van der Waals surface area contributed by atoms with E-state index in [4.69, 9.17) is 28.4 Å². The minimum atomic E-state index is -1.98. The first-order valence-electron chi connectivity index (χ1n) is 37.2. The maximum atomic E-state index is 13.4. The van der Waals surface area contributed by atoms with Crippen LogP contribution in [0.25, 0.3) is 0 Å². The van der Waals surface area contributed by atoms with Gasteiger partial charge in [0, 0.05) is 6.42 Å². The van der Waals surface area contributed by atoms with Crippen molar-refractivity contribution < 1.29 is 89.4 Å². The van der Waals surface area contributed by atoms with Gasteiger partial charge in [0.05, 0.1) is 38.6 Å². The number of ether oxygens (including phenoxy) is 6. The van der Waals surface area contributed by atoms with Crippen LogP contribution in [0.5, 0.6) is 0 Å². The van der Waals surface area contributed by atoms with E-state index in [1.807, 2.05) is 6.08 Å². The molecule has 540 valence electrons. The smallest absolute Gasteiger partial charge is 0.220 e. The molecule has 12 N–H and O–H groups in total. The van der Waals surface area contributed by atoms with Crippen LogP contribution in [0.2, 0.25) is 0 Å². The average Bonchev–Trinajstić information content (AvgIpc) is 0.835. The Kier molecular flexibility index (Phi) is 50.3. The molecule has 0 aromatic rings. The van der Waals surface area contributed by atoms with E-state index in [9.17, 15) is 61.0 Å². The molecule has 17 unspecified atom stereocenters. The third-order valence-corrected chi connectivity index (χ3v) is 18.7. The summed E-state index contributed by atoms with van der Waals surface area (Å²) in [6.07, 6.45) is 38.5. The summed E-state index contributed by atoms with van der Waals surface area (Å²) in [5.41, 5.74) is 0. The number of carbonyl (C=O) groups is 1. The lowest BCUT2D eigenvalue weighted by Gasteiger charge is -2.48.